The van der Waals surface area contributed by atoms with Gasteiger partial charge in [0.05, 0.1) is 24.4 Å². The maximum absolute atomic E-state index is 12.4. The lowest BCUT2D eigenvalue weighted by Crippen LogP contribution is -2.32. The number of rotatable bonds is 6. The number of hydrogen-bond acceptors (Lipinski definition) is 4. The highest BCUT2D eigenvalue weighted by molar-refractivity contribution is 5.80. The maximum Gasteiger partial charge on any atom is 0.273 e. The minimum atomic E-state index is -0.350. The predicted molar refractivity (Wildman–Crippen MR) is 98.3 cm³/mol. The molecular formula is C19H19N3O4. The first-order valence-corrected chi connectivity index (χ1v) is 8.20. The van der Waals surface area contributed by atoms with Crippen LogP contribution in [0.1, 0.15) is 12.0 Å². The van der Waals surface area contributed by atoms with Crippen LogP contribution in [0.4, 0.5) is 0 Å². The number of methoxy groups -OCH3 is 1. The number of nitrogens with zero attached hydrogens (tertiary/aromatic N) is 1. The molecule has 0 aliphatic heterocycles. The first-order valence-electron chi connectivity index (χ1n) is 8.20. The Kier molecular flexibility index (Phi) is 5.17. The zero-order valence-electron chi connectivity index (χ0n) is 14.3. The van der Waals surface area contributed by atoms with Crippen molar-refractivity contribution in [1.29, 1.82) is 0 Å². The van der Waals surface area contributed by atoms with Crippen LogP contribution in [-0.2, 0) is 17.9 Å². The Hall–Kier alpha value is -3.35. The maximum atomic E-state index is 12.4. The summed E-state index contributed by atoms with van der Waals surface area (Å²) in [5, 5.41) is 5.99. The predicted octanol–water partition coefficient (Wildman–Crippen LogP) is 1.40. The fourth-order valence-electron chi connectivity index (χ4n) is 2.69. The second-order valence-electron chi connectivity index (χ2n) is 5.82. The molecule has 0 aliphatic carbocycles. The van der Waals surface area contributed by atoms with Gasteiger partial charge < -0.3 is 10.1 Å². The first kappa shape index (κ1) is 17.5. The van der Waals surface area contributed by atoms with Gasteiger partial charge in [0.15, 0.2) is 0 Å². The van der Waals surface area contributed by atoms with E-state index < -0.39 is 0 Å². The molecule has 3 aromatic rings. The molecule has 0 bridgehead atoms. The minimum absolute atomic E-state index is 0.0815. The van der Waals surface area contributed by atoms with Gasteiger partial charge >= 0.3 is 0 Å². The van der Waals surface area contributed by atoms with Crippen molar-refractivity contribution in [3.05, 3.63) is 74.8 Å². The summed E-state index contributed by atoms with van der Waals surface area (Å²) in [5.74, 6) is 0.505. The highest BCUT2D eigenvalue weighted by Crippen LogP contribution is 2.12. The number of benzene rings is 2. The standard InChI is InChI=1S/C19H19N3O4/c1-26-14-6-4-5-13(11-14)12-20-17(23)9-10-22-19(25)16-8-3-2-7-15(16)18(24)21-22/h2-8,11H,9-10,12H2,1H3,(H,20,23)(H,21,24). The van der Waals surface area contributed by atoms with Crippen molar-refractivity contribution in [3.8, 4) is 5.75 Å². The van der Waals surface area contributed by atoms with Crippen LogP contribution in [0.15, 0.2) is 58.1 Å². The van der Waals surface area contributed by atoms with Crippen LogP contribution in [0.3, 0.4) is 0 Å². The molecule has 3 rings (SSSR count). The summed E-state index contributed by atoms with van der Waals surface area (Å²) in [7, 11) is 1.58. The van der Waals surface area contributed by atoms with Crippen molar-refractivity contribution in [2.45, 2.75) is 19.5 Å². The smallest absolute Gasteiger partial charge is 0.273 e. The molecular weight excluding hydrogens is 334 g/mol. The van der Waals surface area contributed by atoms with Gasteiger partial charge in [0.1, 0.15) is 5.75 Å². The molecule has 0 unspecified atom stereocenters. The molecule has 1 aromatic heterocycles. The number of fused-ring (bicyclic) bond motifs is 1. The number of aryl methyl sites for hydroxylation is 1. The Morgan fingerprint density at radius 3 is 2.65 bits per heavy atom. The average molecular weight is 353 g/mol. The van der Waals surface area contributed by atoms with Crippen molar-refractivity contribution in [1.82, 2.24) is 15.1 Å². The molecule has 7 nitrogen and oxygen atoms in total. The van der Waals surface area contributed by atoms with E-state index in [1.807, 2.05) is 24.3 Å². The van der Waals surface area contributed by atoms with E-state index in [-0.39, 0.29) is 30.0 Å². The largest absolute Gasteiger partial charge is 0.497 e. The molecule has 0 spiro atoms. The highest BCUT2D eigenvalue weighted by atomic mass is 16.5. The summed E-state index contributed by atoms with van der Waals surface area (Å²) in [4.78, 5) is 36.5. The Morgan fingerprint density at radius 1 is 1.12 bits per heavy atom. The van der Waals surface area contributed by atoms with Crippen molar-refractivity contribution >= 4 is 16.7 Å². The zero-order valence-corrected chi connectivity index (χ0v) is 14.3. The molecule has 2 N–H and O–H groups in total. The SMILES string of the molecule is COc1cccc(CNC(=O)CCn2[nH]c(=O)c3ccccc3c2=O)c1. The van der Waals surface area contributed by atoms with Crippen LogP contribution in [0, 0.1) is 0 Å². The second kappa shape index (κ2) is 7.69. The Labute approximate surface area is 149 Å². The fourth-order valence-corrected chi connectivity index (χ4v) is 2.69. The van der Waals surface area contributed by atoms with E-state index in [1.165, 1.54) is 4.68 Å². The van der Waals surface area contributed by atoms with Crippen LogP contribution in [0.25, 0.3) is 10.8 Å². The van der Waals surface area contributed by atoms with E-state index in [9.17, 15) is 14.4 Å². The van der Waals surface area contributed by atoms with Gasteiger partial charge in [0.2, 0.25) is 5.91 Å². The van der Waals surface area contributed by atoms with Gasteiger partial charge in [0.25, 0.3) is 11.1 Å². The van der Waals surface area contributed by atoms with Crippen molar-refractivity contribution < 1.29 is 9.53 Å². The van der Waals surface area contributed by atoms with Crippen molar-refractivity contribution in [2.75, 3.05) is 7.11 Å². The fraction of sp³-hybridized carbons (Fsp3) is 0.211. The third-order valence-corrected chi connectivity index (χ3v) is 4.07. The van der Waals surface area contributed by atoms with E-state index in [0.717, 1.165) is 11.3 Å². The van der Waals surface area contributed by atoms with E-state index >= 15 is 0 Å². The number of ether oxygens (including phenoxy) is 1. The monoisotopic (exact) mass is 353 g/mol. The molecule has 7 heteroatoms. The molecule has 0 atom stereocenters. The van der Waals surface area contributed by atoms with Crippen LogP contribution in [0.2, 0.25) is 0 Å². The van der Waals surface area contributed by atoms with Gasteiger partial charge in [0, 0.05) is 13.0 Å². The molecule has 26 heavy (non-hydrogen) atoms. The first-order chi connectivity index (χ1) is 12.6. The average Bonchev–Trinajstić information content (AvgIpc) is 2.68. The van der Waals surface area contributed by atoms with Gasteiger partial charge in [-0.2, -0.15) is 0 Å². The second-order valence-corrected chi connectivity index (χ2v) is 5.82. The lowest BCUT2D eigenvalue weighted by molar-refractivity contribution is -0.121. The highest BCUT2D eigenvalue weighted by Gasteiger charge is 2.08. The summed E-state index contributed by atoms with van der Waals surface area (Å²) in [6, 6.07) is 14.0. The molecule has 1 heterocycles. The van der Waals surface area contributed by atoms with Crippen molar-refractivity contribution in [3.63, 3.8) is 0 Å². The third-order valence-electron chi connectivity index (χ3n) is 4.07. The summed E-state index contributed by atoms with van der Waals surface area (Å²) in [5.41, 5.74) is 0.242. The molecule has 0 radical (unpaired) electrons. The molecule has 0 saturated carbocycles. The summed E-state index contributed by atoms with van der Waals surface area (Å²) in [6.45, 7) is 0.460. The topological polar surface area (TPSA) is 93.2 Å². The lowest BCUT2D eigenvalue weighted by atomic mass is 10.2. The van der Waals surface area contributed by atoms with Crippen LogP contribution >= 0.6 is 0 Å². The Balaban J connectivity index is 1.64. The summed E-state index contributed by atoms with van der Waals surface area (Å²) < 4.78 is 6.32. The molecule has 134 valence electrons. The van der Waals surface area contributed by atoms with Crippen LogP contribution < -0.4 is 21.2 Å². The van der Waals surface area contributed by atoms with Gasteiger partial charge in [-0.05, 0) is 29.8 Å². The zero-order chi connectivity index (χ0) is 18.5. The quantitative estimate of drug-likeness (QED) is 0.701. The number of aromatic nitrogens is 2. The van der Waals surface area contributed by atoms with Crippen molar-refractivity contribution in [2.24, 2.45) is 0 Å². The summed E-state index contributed by atoms with van der Waals surface area (Å²) >= 11 is 0. The van der Waals surface area contributed by atoms with E-state index in [1.54, 1.807) is 31.4 Å². The third kappa shape index (κ3) is 3.83. The molecule has 0 fully saturated rings. The number of aromatic amines is 1. The van der Waals surface area contributed by atoms with Gasteiger partial charge in [-0.25, -0.2) is 4.68 Å². The summed E-state index contributed by atoms with van der Waals surface area (Å²) in [6.07, 6.45) is 0.0815. The number of H-pyrrole nitrogens is 1. The lowest BCUT2D eigenvalue weighted by Gasteiger charge is -2.09. The minimum Gasteiger partial charge on any atom is -0.497 e. The normalized spacial score (nSPS) is 10.7. The van der Waals surface area contributed by atoms with E-state index in [2.05, 4.69) is 10.4 Å². The molecule has 2 aromatic carbocycles. The van der Waals surface area contributed by atoms with Gasteiger partial charge in [-0.1, -0.05) is 24.3 Å². The number of nitrogens with one attached hydrogen (secondary N) is 2. The number of carbonyl (C=O) groups is 1. The van der Waals surface area contributed by atoms with E-state index in [0.29, 0.717) is 17.3 Å². The molecule has 0 aliphatic rings. The van der Waals surface area contributed by atoms with Gasteiger partial charge in [-0.3, -0.25) is 19.5 Å². The molecule has 0 saturated heterocycles. The number of carbonyl (C=O) groups excluding carboxylic acids is 1. The van der Waals surface area contributed by atoms with Crippen LogP contribution in [0.5, 0.6) is 5.75 Å². The number of hydrogen-bond donors (Lipinski definition) is 2. The Bertz CT molecular complexity index is 1050. The number of amides is 1. The van der Waals surface area contributed by atoms with Crippen LogP contribution in [-0.4, -0.2) is 22.8 Å². The molecule has 1 amide bonds. The van der Waals surface area contributed by atoms with E-state index in [4.69, 9.17) is 4.74 Å². The van der Waals surface area contributed by atoms with Gasteiger partial charge in [-0.15, -0.1) is 0 Å². The Morgan fingerprint density at radius 2 is 1.88 bits per heavy atom.